The average molecular weight is 549 g/mol. The lowest BCUT2D eigenvalue weighted by Gasteiger charge is -2.40. The molecule has 0 radical (unpaired) electrons. The Balaban J connectivity index is 0.951. The van der Waals surface area contributed by atoms with Gasteiger partial charge in [-0.05, 0) is 78.6 Å². The number of fused-ring (bicyclic) bond motifs is 4. The van der Waals surface area contributed by atoms with Crippen molar-refractivity contribution in [2.75, 3.05) is 23.4 Å². The van der Waals surface area contributed by atoms with Crippen LogP contribution in [0.4, 0.5) is 11.4 Å². The Morgan fingerprint density at radius 2 is 1.31 bits per heavy atom. The normalized spacial score (nSPS) is 18.5. The molecule has 3 nitrogen and oxygen atoms in total. The minimum atomic E-state index is 0.602. The van der Waals surface area contributed by atoms with Gasteiger partial charge in [0.05, 0.1) is 0 Å². The summed E-state index contributed by atoms with van der Waals surface area (Å²) in [5.41, 5.74) is 11.0. The molecule has 0 spiro atoms. The molecule has 1 aliphatic heterocycles. The second-order valence-electron chi connectivity index (χ2n) is 12.1. The highest BCUT2D eigenvalue weighted by atomic mass is 16.3. The first-order chi connectivity index (χ1) is 20.7. The number of rotatable bonds is 5. The first kappa shape index (κ1) is 25.2. The second-order valence-corrected chi connectivity index (χ2v) is 12.1. The van der Waals surface area contributed by atoms with Crippen LogP contribution in [0.3, 0.4) is 0 Å². The highest BCUT2D eigenvalue weighted by Crippen LogP contribution is 2.38. The Morgan fingerprint density at radius 3 is 2.12 bits per heavy atom. The zero-order chi connectivity index (χ0) is 28.0. The summed E-state index contributed by atoms with van der Waals surface area (Å²) in [7, 11) is 2.28. The Labute approximate surface area is 248 Å². The number of benzene rings is 5. The summed E-state index contributed by atoms with van der Waals surface area (Å²) in [4.78, 5) is 5.19. The quantitative estimate of drug-likeness (QED) is 0.214. The summed E-state index contributed by atoms with van der Waals surface area (Å²) in [6.45, 7) is 1.18. The summed E-state index contributed by atoms with van der Waals surface area (Å²) in [6, 6.07) is 43.0. The summed E-state index contributed by atoms with van der Waals surface area (Å²) >= 11 is 0. The van der Waals surface area contributed by atoms with Crippen LogP contribution in [0, 0.1) is 0 Å². The maximum Gasteiger partial charge on any atom is 0.143 e. The third-order valence-corrected chi connectivity index (χ3v) is 9.79. The fourth-order valence-corrected chi connectivity index (χ4v) is 7.42. The number of hydrogen-bond donors (Lipinski definition) is 0. The van der Waals surface area contributed by atoms with Gasteiger partial charge in [-0.25, -0.2) is 0 Å². The Kier molecular flexibility index (Phi) is 6.25. The van der Waals surface area contributed by atoms with Gasteiger partial charge in [-0.1, -0.05) is 91.0 Å². The number of nitrogens with zero attached hydrogens (tertiary/aromatic N) is 2. The van der Waals surface area contributed by atoms with Crippen molar-refractivity contribution in [3.8, 4) is 22.3 Å². The van der Waals surface area contributed by atoms with Crippen LogP contribution in [0.5, 0.6) is 0 Å². The molecule has 0 saturated heterocycles. The van der Waals surface area contributed by atoms with Crippen LogP contribution < -0.4 is 9.80 Å². The molecule has 1 aliphatic carbocycles. The molecule has 5 aromatic carbocycles. The summed E-state index contributed by atoms with van der Waals surface area (Å²) in [6.07, 6.45) is 6.25. The number of furan rings is 1. The maximum absolute atomic E-state index is 6.28. The average Bonchev–Trinajstić information content (AvgIpc) is 3.67. The van der Waals surface area contributed by atoms with Gasteiger partial charge in [0.1, 0.15) is 11.2 Å². The van der Waals surface area contributed by atoms with Crippen LogP contribution in [0.1, 0.15) is 31.2 Å². The van der Waals surface area contributed by atoms with Gasteiger partial charge in [0, 0.05) is 53.4 Å². The van der Waals surface area contributed by atoms with E-state index in [9.17, 15) is 0 Å². The molecule has 1 aromatic heterocycles. The Bertz CT molecular complexity index is 1860. The summed E-state index contributed by atoms with van der Waals surface area (Å²) in [5, 5.41) is 2.34. The highest BCUT2D eigenvalue weighted by molar-refractivity contribution is 6.09. The predicted molar refractivity (Wildman–Crippen MR) is 177 cm³/mol. The maximum atomic E-state index is 6.28. The lowest BCUT2D eigenvalue weighted by atomic mass is 9.89. The predicted octanol–water partition coefficient (Wildman–Crippen LogP) is 9.73. The molecular formula is C39H36N2O. The summed E-state index contributed by atoms with van der Waals surface area (Å²) < 4.78 is 6.28. The molecule has 3 heteroatoms. The molecule has 1 fully saturated rings. The van der Waals surface area contributed by atoms with Crippen molar-refractivity contribution in [2.45, 2.75) is 44.2 Å². The van der Waals surface area contributed by atoms with Gasteiger partial charge in [0.2, 0.25) is 0 Å². The van der Waals surface area contributed by atoms with E-state index in [1.165, 1.54) is 83.0 Å². The van der Waals surface area contributed by atoms with E-state index < -0.39 is 0 Å². The molecule has 0 atom stereocenters. The van der Waals surface area contributed by atoms with E-state index in [0.717, 1.165) is 16.7 Å². The van der Waals surface area contributed by atoms with Crippen molar-refractivity contribution in [1.82, 2.24) is 0 Å². The molecule has 42 heavy (non-hydrogen) atoms. The van der Waals surface area contributed by atoms with Crippen LogP contribution in [-0.4, -0.2) is 25.7 Å². The molecule has 2 aliphatic rings. The topological polar surface area (TPSA) is 19.6 Å². The second kappa shape index (κ2) is 10.4. The van der Waals surface area contributed by atoms with Crippen molar-refractivity contribution in [2.24, 2.45) is 0 Å². The van der Waals surface area contributed by atoms with Gasteiger partial charge in [0.15, 0.2) is 0 Å². The van der Waals surface area contributed by atoms with Crippen molar-refractivity contribution in [3.05, 3.63) is 121 Å². The van der Waals surface area contributed by atoms with E-state index >= 15 is 0 Å². The zero-order valence-corrected chi connectivity index (χ0v) is 24.2. The molecule has 2 heterocycles. The molecule has 0 N–H and O–H groups in total. The third-order valence-electron chi connectivity index (χ3n) is 9.79. The Morgan fingerprint density at radius 1 is 0.643 bits per heavy atom. The standard InChI is InChI=1S/C39H36N2O/c1-40(32-21-23-33(24-22-32)41-26-25-30-7-2-4-11-37(30)41)31-19-17-28(18-20-31)27-13-15-29(16-14-27)34-9-6-10-36-35-8-3-5-12-38(35)42-39(34)36/h2-20,32-33H,21-26H2,1H3. The fraction of sp³-hybridized carbons (Fsp3) is 0.231. The Hall–Kier alpha value is -4.50. The SMILES string of the molecule is CN(c1ccc(-c2ccc(-c3cccc4c3oc3ccccc34)cc2)cc1)C1CCC(N2CCc3ccccc32)CC1. The minimum absolute atomic E-state index is 0.602. The number of para-hydroxylation sites is 3. The van der Waals surface area contributed by atoms with Gasteiger partial charge in [0.25, 0.3) is 0 Å². The molecule has 0 unspecified atom stereocenters. The van der Waals surface area contributed by atoms with Gasteiger partial charge >= 0.3 is 0 Å². The van der Waals surface area contributed by atoms with Crippen molar-refractivity contribution in [3.63, 3.8) is 0 Å². The van der Waals surface area contributed by atoms with Crippen LogP contribution in [-0.2, 0) is 6.42 Å². The molecule has 8 rings (SSSR count). The van der Waals surface area contributed by atoms with E-state index in [2.05, 4.69) is 120 Å². The largest absolute Gasteiger partial charge is 0.455 e. The van der Waals surface area contributed by atoms with E-state index in [1.54, 1.807) is 0 Å². The summed E-state index contributed by atoms with van der Waals surface area (Å²) in [5.74, 6) is 0. The highest BCUT2D eigenvalue weighted by Gasteiger charge is 2.31. The van der Waals surface area contributed by atoms with Crippen molar-refractivity contribution < 1.29 is 4.42 Å². The lowest BCUT2D eigenvalue weighted by Crippen LogP contribution is -2.42. The van der Waals surface area contributed by atoms with Crippen LogP contribution >= 0.6 is 0 Å². The molecule has 1 saturated carbocycles. The van der Waals surface area contributed by atoms with Gasteiger partial charge in [-0.15, -0.1) is 0 Å². The van der Waals surface area contributed by atoms with Gasteiger partial charge in [-0.3, -0.25) is 0 Å². The first-order valence-electron chi connectivity index (χ1n) is 15.4. The van der Waals surface area contributed by atoms with E-state index in [0.29, 0.717) is 12.1 Å². The number of anilines is 2. The van der Waals surface area contributed by atoms with Crippen LogP contribution in [0.25, 0.3) is 44.2 Å². The third kappa shape index (κ3) is 4.36. The van der Waals surface area contributed by atoms with E-state index in [1.807, 2.05) is 12.1 Å². The number of hydrogen-bond acceptors (Lipinski definition) is 3. The molecule has 6 aromatic rings. The van der Waals surface area contributed by atoms with Crippen molar-refractivity contribution in [1.29, 1.82) is 0 Å². The molecular weight excluding hydrogens is 512 g/mol. The minimum Gasteiger partial charge on any atom is -0.455 e. The van der Waals surface area contributed by atoms with E-state index in [4.69, 9.17) is 4.42 Å². The lowest BCUT2D eigenvalue weighted by molar-refractivity contribution is 0.371. The van der Waals surface area contributed by atoms with Crippen LogP contribution in [0.15, 0.2) is 120 Å². The van der Waals surface area contributed by atoms with Crippen LogP contribution in [0.2, 0.25) is 0 Å². The monoisotopic (exact) mass is 548 g/mol. The molecule has 208 valence electrons. The van der Waals surface area contributed by atoms with Crippen molar-refractivity contribution >= 4 is 33.3 Å². The smallest absolute Gasteiger partial charge is 0.143 e. The van der Waals surface area contributed by atoms with E-state index in [-0.39, 0.29) is 0 Å². The first-order valence-corrected chi connectivity index (χ1v) is 15.4. The fourth-order valence-electron chi connectivity index (χ4n) is 7.42. The molecule has 0 amide bonds. The van der Waals surface area contributed by atoms with Gasteiger partial charge in [-0.2, -0.15) is 0 Å². The molecule has 0 bridgehead atoms. The zero-order valence-electron chi connectivity index (χ0n) is 24.2. The van der Waals surface area contributed by atoms with Gasteiger partial charge < -0.3 is 14.2 Å².